The summed E-state index contributed by atoms with van der Waals surface area (Å²) in [5, 5.41) is 5.86. The average Bonchev–Trinajstić information content (AvgIpc) is 3.67. The molecule has 0 fully saturated rings. The lowest BCUT2D eigenvalue weighted by Crippen LogP contribution is -2.29. The maximum absolute atomic E-state index is 6.55. The lowest BCUT2D eigenvalue weighted by molar-refractivity contribution is 0.670. The van der Waals surface area contributed by atoms with Crippen molar-refractivity contribution in [1.82, 2.24) is 4.98 Å². The van der Waals surface area contributed by atoms with Crippen molar-refractivity contribution in [2.75, 3.05) is 0 Å². The Morgan fingerprint density at radius 3 is 1.91 bits per heavy atom. The third-order valence-electron chi connectivity index (χ3n) is 9.98. The van der Waals surface area contributed by atoms with Crippen molar-refractivity contribution in [2.45, 2.75) is 5.41 Å². The summed E-state index contributed by atoms with van der Waals surface area (Å²) in [5.41, 5.74) is 12.1. The van der Waals surface area contributed by atoms with Crippen LogP contribution in [0.1, 0.15) is 22.3 Å². The fraction of sp³-hybridized carbons (Fsp3) is 0.0227. The highest BCUT2D eigenvalue weighted by atomic mass is 16.3. The number of furan rings is 1. The Morgan fingerprint density at radius 1 is 0.478 bits per heavy atom. The van der Waals surface area contributed by atoms with Gasteiger partial charge in [0, 0.05) is 33.3 Å². The number of hydrogen-bond acceptors (Lipinski definition) is 2. The molecular weight excluding hydrogens is 558 g/mol. The summed E-state index contributed by atoms with van der Waals surface area (Å²) >= 11 is 0. The molecule has 0 aliphatic heterocycles. The van der Waals surface area contributed by atoms with Gasteiger partial charge >= 0.3 is 0 Å². The highest BCUT2D eigenvalue weighted by Gasteiger charge is 2.48. The van der Waals surface area contributed by atoms with E-state index in [0.29, 0.717) is 0 Å². The second kappa shape index (κ2) is 9.50. The van der Waals surface area contributed by atoms with Crippen LogP contribution in [0.25, 0.3) is 65.9 Å². The molecule has 0 amide bonds. The van der Waals surface area contributed by atoms with Gasteiger partial charge in [-0.2, -0.15) is 0 Å². The first-order chi connectivity index (χ1) is 22.8. The standard InChI is InChI=1S/C44H27NO/c1-3-13-29(14-4-1)44(30-15-5-2-6-16-30)38-27-28(31-20-11-21-35-32-17-9-10-23-39(32)46-43(31)35)24-25-36(38)40-33-18-7-8-19-34(33)42-37(41(40)44)22-12-26-45-42/h1-27H. The highest BCUT2D eigenvalue weighted by molar-refractivity contribution is 6.18. The maximum atomic E-state index is 6.55. The summed E-state index contributed by atoms with van der Waals surface area (Å²) in [6, 6.07) is 57.0. The van der Waals surface area contributed by atoms with Crippen LogP contribution in [0.3, 0.4) is 0 Å². The van der Waals surface area contributed by atoms with Crippen molar-refractivity contribution >= 4 is 43.6 Å². The van der Waals surface area contributed by atoms with E-state index < -0.39 is 5.41 Å². The fourth-order valence-corrected chi connectivity index (χ4v) is 8.16. The van der Waals surface area contributed by atoms with E-state index in [1.165, 1.54) is 49.5 Å². The molecule has 2 aromatic heterocycles. The molecule has 7 aromatic carbocycles. The summed E-state index contributed by atoms with van der Waals surface area (Å²) in [4.78, 5) is 5.01. The normalized spacial score (nSPS) is 13.4. The van der Waals surface area contributed by atoms with E-state index in [0.717, 1.165) is 38.6 Å². The Labute approximate surface area is 266 Å². The number of benzene rings is 7. The molecule has 0 saturated carbocycles. The van der Waals surface area contributed by atoms with Crippen LogP contribution in [0.4, 0.5) is 0 Å². The highest BCUT2D eigenvalue weighted by Crippen LogP contribution is 2.60. The number of aromatic nitrogens is 1. The van der Waals surface area contributed by atoms with Gasteiger partial charge in [0.15, 0.2) is 0 Å². The van der Waals surface area contributed by atoms with E-state index >= 15 is 0 Å². The predicted octanol–water partition coefficient (Wildman–Crippen LogP) is 11.3. The van der Waals surface area contributed by atoms with E-state index in [4.69, 9.17) is 9.40 Å². The first-order valence-corrected chi connectivity index (χ1v) is 15.8. The zero-order valence-corrected chi connectivity index (χ0v) is 24.9. The van der Waals surface area contributed by atoms with Gasteiger partial charge in [-0.05, 0) is 62.5 Å². The van der Waals surface area contributed by atoms with Gasteiger partial charge < -0.3 is 4.42 Å². The van der Waals surface area contributed by atoms with Crippen LogP contribution in [0.2, 0.25) is 0 Å². The van der Waals surface area contributed by atoms with Gasteiger partial charge in [0.05, 0.1) is 10.9 Å². The Kier molecular flexibility index (Phi) is 5.24. The maximum Gasteiger partial charge on any atom is 0.143 e. The molecule has 0 spiro atoms. The van der Waals surface area contributed by atoms with Crippen molar-refractivity contribution < 1.29 is 4.42 Å². The molecule has 0 N–H and O–H groups in total. The van der Waals surface area contributed by atoms with Crippen LogP contribution in [-0.2, 0) is 5.41 Å². The third kappa shape index (κ3) is 3.28. The van der Waals surface area contributed by atoms with Crippen molar-refractivity contribution in [2.24, 2.45) is 0 Å². The Morgan fingerprint density at radius 2 is 1.13 bits per heavy atom. The van der Waals surface area contributed by atoms with E-state index in [1.807, 2.05) is 12.3 Å². The molecule has 2 nitrogen and oxygen atoms in total. The van der Waals surface area contributed by atoms with Gasteiger partial charge in [-0.1, -0.05) is 140 Å². The van der Waals surface area contributed by atoms with Crippen LogP contribution >= 0.6 is 0 Å². The van der Waals surface area contributed by atoms with Gasteiger partial charge in [0.1, 0.15) is 11.2 Å². The molecule has 214 valence electrons. The Hall–Kier alpha value is -5.99. The molecule has 0 unspecified atom stereocenters. The second-order valence-corrected chi connectivity index (χ2v) is 12.2. The lowest BCUT2D eigenvalue weighted by Gasteiger charge is -2.35. The number of pyridine rings is 1. The van der Waals surface area contributed by atoms with E-state index in [-0.39, 0.29) is 0 Å². The monoisotopic (exact) mass is 585 g/mol. The first kappa shape index (κ1) is 25.3. The van der Waals surface area contributed by atoms with Crippen LogP contribution in [0.5, 0.6) is 0 Å². The van der Waals surface area contributed by atoms with Crippen molar-refractivity contribution in [3.63, 3.8) is 0 Å². The Balaban J connectivity index is 1.39. The van der Waals surface area contributed by atoms with Crippen molar-refractivity contribution in [1.29, 1.82) is 0 Å². The summed E-state index contributed by atoms with van der Waals surface area (Å²) in [6.07, 6.45) is 1.92. The van der Waals surface area contributed by atoms with Crippen molar-refractivity contribution in [3.05, 3.63) is 186 Å². The van der Waals surface area contributed by atoms with Crippen LogP contribution in [-0.4, -0.2) is 4.98 Å². The smallest absolute Gasteiger partial charge is 0.143 e. The number of nitrogens with zero attached hydrogens (tertiary/aromatic N) is 1. The topological polar surface area (TPSA) is 26.0 Å². The molecule has 9 aromatic rings. The zero-order valence-electron chi connectivity index (χ0n) is 24.9. The van der Waals surface area contributed by atoms with Gasteiger partial charge in [-0.25, -0.2) is 0 Å². The minimum atomic E-state index is -0.573. The van der Waals surface area contributed by atoms with E-state index in [2.05, 4.69) is 152 Å². The summed E-state index contributed by atoms with van der Waals surface area (Å²) in [7, 11) is 0. The molecule has 0 bridgehead atoms. The molecule has 0 radical (unpaired) electrons. The SMILES string of the molecule is c1ccc(C2(c3ccccc3)c3cc(-c4cccc5c4oc4ccccc45)ccc3-c3c2c2cccnc2c2ccccc32)cc1. The summed E-state index contributed by atoms with van der Waals surface area (Å²) in [6.45, 7) is 0. The third-order valence-corrected chi connectivity index (χ3v) is 9.98. The minimum Gasteiger partial charge on any atom is -0.455 e. The zero-order chi connectivity index (χ0) is 30.2. The van der Waals surface area contributed by atoms with Crippen molar-refractivity contribution in [3.8, 4) is 22.3 Å². The predicted molar refractivity (Wildman–Crippen MR) is 189 cm³/mol. The molecule has 1 aliphatic rings. The quantitative estimate of drug-likeness (QED) is 0.193. The van der Waals surface area contributed by atoms with Gasteiger partial charge in [0.25, 0.3) is 0 Å². The summed E-state index contributed by atoms with van der Waals surface area (Å²) < 4.78 is 6.55. The molecule has 0 atom stereocenters. The second-order valence-electron chi connectivity index (χ2n) is 12.2. The number of para-hydroxylation sites is 2. The lowest BCUT2D eigenvalue weighted by atomic mass is 9.66. The fourth-order valence-electron chi connectivity index (χ4n) is 8.16. The first-order valence-electron chi connectivity index (χ1n) is 15.8. The van der Waals surface area contributed by atoms with Gasteiger partial charge in [0.2, 0.25) is 0 Å². The minimum absolute atomic E-state index is 0.573. The van der Waals surface area contributed by atoms with Crippen LogP contribution in [0, 0.1) is 0 Å². The van der Waals surface area contributed by atoms with Crippen LogP contribution in [0.15, 0.2) is 168 Å². The number of fused-ring (bicyclic) bond motifs is 11. The molecule has 46 heavy (non-hydrogen) atoms. The Bertz CT molecular complexity index is 2590. The van der Waals surface area contributed by atoms with Crippen LogP contribution < -0.4 is 0 Å². The number of hydrogen-bond donors (Lipinski definition) is 0. The molecule has 2 heteroatoms. The molecule has 10 rings (SSSR count). The van der Waals surface area contributed by atoms with E-state index in [9.17, 15) is 0 Å². The van der Waals surface area contributed by atoms with Gasteiger partial charge in [-0.15, -0.1) is 0 Å². The largest absolute Gasteiger partial charge is 0.455 e. The van der Waals surface area contributed by atoms with Gasteiger partial charge in [-0.3, -0.25) is 4.98 Å². The average molecular weight is 586 g/mol. The molecule has 0 saturated heterocycles. The molecular formula is C44H27NO. The van der Waals surface area contributed by atoms with E-state index in [1.54, 1.807) is 0 Å². The summed E-state index contributed by atoms with van der Waals surface area (Å²) in [5.74, 6) is 0. The molecule has 1 aliphatic carbocycles. The molecule has 2 heterocycles. The number of rotatable bonds is 3.